The molecule has 0 bridgehead atoms. The molecule has 0 unspecified atom stereocenters. The van der Waals surface area contributed by atoms with Crippen LogP contribution in [0.4, 0.5) is 0 Å². The zero-order chi connectivity index (χ0) is 14.3. The number of hydrogen-bond donors (Lipinski definition) is 3. The van der Waals surface area contributed by atoms with Crippen LogP contribution in [0.1, 0.15) is 41.7 Å². The van der Waals surface area contributed by atoms with Gasteiger partial charge in [0, 0.05) is 30.9 Å². The largest absolute Gasteiger partial charge is 0.481 e. The van der Waals surface area contributed by atoms with Crippen LogP contribution in [-0.2, 0) is 4.79 Å². The maximum Gasteiger partial charge on any atom is 0.303 e. The second-order valence-corrected chi connectivity index (χ2v) is 4.35. The molecule has 1 aromatic rings. The Morgan fingerprint density at radius 3 is 2.68 bits per heavy atom. The Morgan fingerprint density at radius 2 is 2.05 bits per heavy atom. The topological polar surface area (TPSA) is 99.3 Å². The molecule has 1 aromatic heterocycles. The summed E-state index contributed by atoms with van der Waals surface area (Å²) in [5.41, 5.74) is 0.492. The molecule has 0 aliphatic rings. The minimum atomic E-state index is -0.810. The number of aromatic amines is 1. The van der Waals surface area contributed by atoms with Gasteiger partial charge in [0.2, 0.25) is 0 Å². The van der Waals surface area contributed by atoms with Gasteiger partial charge in [0.05, 0.1) is 0 Å². The van der Waals surface area contributed by atoms with Crippen LogP contribution < -0.4 is 10.7 Å². The van der Waals surface area contributed by atoms with Gasteiger partial charge in [0.25, 0.3) is 5.91 Å². The summed E-state index contributed by atoms with van der Waals surface area (Å²) in [5, 5.41) is 11.1. The average Bonchev–Trinajstić information content (AvgIpc) is 2.32. The first-order chi connectivity index (χ1) is 9.00. The second kappa shape index (κ2) is 7.35. The fourth-order valence-electron chi connectivity index (χ4n) is 1.63. The molecule has 0 aliphatic carbocycles. The normalized spacial score (nSPS) is 10.2. The fraction of sp³-hybridized carbons (Fsp3) is 0.462. The number of rotatable bonds is 7. The van der Waals surface area contributed by atoms with Crippen molar-refractivity contribution in [1.82, 2.24) is 10.3 Å². The molecule has 19 heavy (non-hydrogen) atoms. The molecule has 0 aromatic carbocycles. The molecule has 6 heteroatoms. The first kappa shape index (κ1) is 14.9. The summed E-state index contributed by atoms with van der Waals surface area (Å²) in [5.74, 6) is -1.21. The zero-order valence-electron chi connectivity index (χ0n) is 10.9. The van der Waals surface area contributed by atoms with Crippen molar-refractivity contribution in [1.29, 1.82) is 0 Å². The highest BCUT2D eigenvalue weighted by Crippen LogP contribution is 1.99. The van der Waals surface area contributed by atoms with Crippen molar-refractivity contribution >= 4 is 11.9 Å². The lowest BCUT2D eigenvalue weighted by atomic mass is 10.2. The summed E-state index contributed by atoms with van der Waals surface area (Å²) in [4.78, 5) is 36.3. The van der Waals surface area contributed by atoms with Gasteiger partial charge in [-0.15, -0.1) is 0 Å². The van der Waals surface area contributed by atoms with Crippen LogP contribution in [0.2, 0.25) is 0 Å². The van der Waals surface area contributed by atoms with Crippen molar-refractivity contribution in [2.24, 2.45) is 0 Å². The molecular weight excluding hydrogens is 248 g/mol. The lowest BCUT2D eigenvalue weighted by molar-refractivity contribution is -0.137. The molecule has 0 saturated carbocycles. The second-order valence-electron chi connectivity index (χ2n) is 4.35. The number of aliphatic carboxylic acids is 1. The summed E-state index contributed by atoms with van der Waals surface area (Å²) >= 11 is 0. The van der Waals surface area contributed by atoms with Crippen LogP contribution in [0.25, 0.3) is 0 Å². The summed E-state index contributed by atoms with van der Waals surface area (Å²) in [6, 6.07) is 1.38. The van der Waals surface area contributed by atoms with Gasteiger partial charge >= 0.3 is 5.97 Å². The van der Waals surface area contributed by atoms with Gasteiger partial charge in [0.15, 0.2) is 5.43 Å². The van der Waals surface area contributed by atoms with E-state index in [9.17, 15) is 14.4 Å². The first-order valence-electron chi connectivity index (χ1n) is 6.20. The quantitative estimate of drug-likeness (QED) is 0.642. The predicted octanol–water partition coefficient (Wildman–Crippen LogP) is 1.06. The third-order valence-electron chi connectivity index (χ3n) is 2.65. The monoisotopic (exact) mass is 266 g/mol. The van der Waals surface area contributed by atoms with Gasteiger partial charge in [-0.1, -0.05) is 6.42 Å². The van der Waals surface area contributed by atoms with E-state index in [1.165, 1.54) is 12.3 Å². The molecule has 0 spiro atoms. The maximum absolute atomic E-state index is 11.7. The van der Waals surface area contributed by atoms with Crippen molar-refractivity contribution < 1.29 is 14.7 Å². The molecule has 0 radical (unpaired) electrons. The Bertz CT molecular complexity index is 508. The Morgan fingerprint density at radius 1 is 1.32 bits per heavy atom. The van der Waals surface area contributed by atoms with Gasteiger partial charge in [-0.25, -0.2) is 0 Å². The number of carbonyl (C=O) groups excluding carboxylic acids is 1. The lowest BCUT2D eigenvalue weighted by Gasteiger charge is -2.04. The minimum Gasteiger partial charge on any atom is -0.481 e. The third-order valence-corrected chi connectivity index (χ3v) is 2.65. The van der Waals surface area contributed by atoms with Gasteiger partial charge in [-0.3, -0.25) is 14.4 Å². The molecule has 6 nitrogen and oxygen atoms in total. The standard InChI is InChI=1S/C13H18N2O4/c1-9-7-11(16)10(8-15-9)13(19)14-6-4-2-3-5-12(17)18/h7-8H,2-6H2,1H3,(H,14,19)(H,15,16)(H,17,18). The van der Waals surface area contributed by atoms with Gasteiger partial charge in [-0.05, 0) is 19.8 Å². The van der Waals surface area contributed by atoms with Crippen molar-refractivity contribution in [3.8, 4) is 0 Å². The Hall–Kier alpha value is -2.11. The Balaban J connectivity index is 2.32. The number of aromatic nitrogens is 1. The number of hydrogen-bond acceptors (Lipinski definition) is 3. The number of aryl methyl sites for hydroxylation is 1. The molecule has 0 fully saturated rings. The van der Waals surface area contributed by atoms with Crippen molar-refractivity contribution in [2.45, 2.75) is 32.6 Å². The van der Waals surface area contributed by atoms with Gasteiger partial charge < -0.3 is 15.4 Å². The number of carboxylic acid groups (broad SMARTS) is 1. The van der Waals surface area contributed by atoms with Crippen molar-refractivity contribution in [3.05, 3.63) is 33.7 Å². The number of unbranched alkanes of at least 4 members (excludes halogenated alkanes) is 2. The SMILES string of the molecule is Cc1cc(=O)c(C(=O)NCCCCCC(=O)O)c[nH]1. The van der Waals surface area contributed by atoms with E-state index in [2.05, 4.69) is 10.3 Å². The molecule has 1 heterocycles. The summed E-state index contributed by atoms with van der Waals surface area (Å²) in [6.07, 6.45) is 3.57. The predicted molar refractivity (Wildman–Crippen MR) is 70.2 cm³/mol. The number of nitrogens with one attached hydrogen (secondary N) is 2. The molecule has 104 valence electrons. The summed E-state index contributed by atoms with van der Waals surface area (Å²) < 4.78 is 0. The highest BCUT2D eigenvalue weighted by Gasteiger charge is 2.09. The van der Waals surface area contributed by atoms with Crippen LogP contribution >= 0.6 is 0 Å². The molecular formula is C13H18N2O4. The average molecular weight is 266 g/mol. The Kier molecular flexibility index (Phi) is 5.78. The smallest absolute Gasteiger partial charge is 0.303 e. The van der Waals surface area contributed by atoms with Crippen molar-refractivity contribution in [3.63, 3.8) is 0 Å². The van der Waals surface area contributed by atoms with E-state index >= 15 is 0 Å². The van der Waals surface area contributed by atoms with Crippen LogP contribution in [0.15, 0.2) is 17.1 Å². The minimum absolute atomic E-state index is 0.0936. The molecule has 3 N–H and O–H groups in total. The van der Waals surface area contributed by atoms with E-state index in [0.29, 0.717) is 25.1 Å². The van der Waals surface area contributed by atoms with E-state index in [-0.39, 0.29) is 17.4 Å². The number of carbonyl (C=O) groups is 2. The highest BCUT2D eigenvalue weighted by molar-refractivity contribution is 5.93. The van der Waals surface area contributed by atoms with E-state index < -0.39 is 11.9 Å². The molecule has 1 rings (SSSR count). The van der Waals surface area contributed by atoms with Crippen LogP contribution in [0.3, 0.4) is 0 Å². The van der Waals surface area contributed by atoms with E-state index in [4.69, 9.17) is 5.11 Å². The number of amides is 1. The summed E-state index contributed by atoms with van der Waals surface area (Å²) in [6.45, 7) is 2.18. The maximum atomic E-state index is 11.7. The van der Waals surface area contributed by atoms with Crippen molar-refractivity contribution in [2.75, 3.05) is 6.54 Å². The van der Waals surface area contributed by atoms with Gasteiger partial charge in [-0.2, -0.15) is 0 Å². The fourth-order valence-corrected chi connectivity index (χ4v) is 1.63. The van der Waals surface area contributed by atoms with Crippen LogP contribution in [0.5, 0.6) is 0 Å². The zero-order valence-corrected chi connectivity index (χ0v) is 10.9. The van der Waals surface area contributed by atoms with E-state index in [1.54, 1.807) is 6.92 Å². The highest BCUT2D eigenvalue weighted by atomic mass is 16.4. The van der Waals surface area contributed by atoms with Crippen LogP contribution in [0, 0.1) is 6.92 Å². The first-order valence-corrected chi connectivity index (χ1v) is 6.20. The Labute approximate surface area is 110 Å². The van der Waals surface area contributed by atoms with E-state index in [1.807, 2.05) is 0 Å². The molecule has 0 atom stereocenters. The molecule has 0 saturated heterocycles. The third kappa shape index (κ3) is 5.37. The molecule has 1 amide bonds. The van der Waals surface area contributed by atoms with Crippen LogP contribution in [-0.4, -0.2) is 28.5 Å². The molecule has 0 aliphatic heterocycles. The van der Waals surface area contributed by atoms with E-state index in [0.717, 1.165) is 6.42 Å². The summed E-state index contributed by atoms with van der Waals surface area (Å²) in [7, 11) is 0. The number of carboxylic acids is 1. The number of H-pyrrole nitrogens is 1. The lowest BCUT2D eigenvalue weighted by Crippen LogP contribution is -2.29. The van der Waals surface area contributed by atoms with Gasteiger partial charge in [0.1, 0.15) is 5.56 Å². The number of pyridine rings is 1.